The number of hydrogen-bond donors (Lipinski definition) is 1. The molecule has 1 amide bonds. The van der Waals surface area contributed by atoms with Crippen LogP contribution in [-0.4, -0.2) is 44.0 Å². The van der Waals surface area contributed by atoms with Crippen LogP contribution in [-0.2, 0) is 11.4 Å². The van der Waals surface area contributed by atoms with Crippen molar-refractivity contribution in [1.29, 1.82) is 0 Å². The van der Waals surface area contributed by atoms with Crippen molar-refractivity contribution >= 4 is 17.3 Å². The van der Waals surface area contributed by atoms with E-state index in [1.807, 2.05) is 43.3 Å². The van der Waals surface area contributed by atoms with Gasteiger partial charge in [-0.2, -0.15) is 0 Å². The van der Waals surface area contributed by atoms with Crippen molar-refractivity contribution in [1.82, 2.24) is 0 Å². The minimum absolute atomic E-state index is 0.0522. The number of rotatable bonds is 6. The fraction of sp³-hybridized carbons (Fsp3) is 0.364. The van der Waals surface area contributed by atoms with Crippen LogP contribution < -0.4 is 14.4 Å². The Kier molecular flexibility index (Phi) is 5.99. The van der Waals surface area contributed by atoms with Gasteiger partial charge in [-0.05, 0) is 24.1 Å². The molecule has 0 bridgehead atoms. The number of nitrogens with zero attached hydrogens (tertiary/aromatic N) is 2. The number of anilines is 1. The van der Waals surface area contributed by atoms with E-state index in [-0.39, 0.29) is 12.5 Å². The van der Waals surface area contributed by atoms with Crippen molar-refractivity contribution in [3.05, 3.63) is 53.1 Å². The molecule has 1 atom stereocenters. The van der Waals surface area contributed by atoms with E-state index in [0.29, 0.717) is 23.6 Å². The molecule has 6 heteroatoms. The van der Waals surface area contributed by atoms with Crippen LogP contribution in [0.25, 0.3) is 0 Å². The second-order valence-corrected chi connectivity index (χ2v) is 6.76. The molecule has 0 radical (unpaired) electrons. The lowest BCUT2D eigenvalue weighted by Crippen LogP contribution is -2.34. The zero-order valence-electron chi connectivity index (χ0n) is 16.7. The largest absolute Gasteiger partial charge is 0.493 e. The first-order valence-corrected chi connectivity index (χ1v) is 9.35. The minimum atomic E-state index is -0.466. The predicted octanol–water partition coefficient (Wildman–Crippen LogP) is 3.18. The van der Waals surface area contributed by atoms with Gasteiger partial charge in [-0.1, -0.05) is 31.5 Å². The Morgan fingerprint density at radius 2 is 1.86 bits per heavy atom. The lowest BCUT2D eigenvalue weighted by atomic mass is 9.98. The number of carbonyl (C=O) groups excluding carboxylic acids is 1. The Hall–Kier alpha value is -2.86. The van der Waals surface area contributed by atoms with Crippen molar-refractivity contribution in [2.75, 3.05) is 26.2 Å². The predicted molar refractivity (Wildman–Crippen MR) is 110 cm³/mol. The highest BCUT2D eigenvalue weighted by Crippen LogP contribution is 2.38. The third-order valence-corrected chi connectivity index (χ3v) is 4.96. The van der Waals surface area contributed by atoms with Crippen LogP contribution in [0.4, 0.5) is 5.69 Å². The van der Waals surface area contributed by atoms with Crippen molar-refractivity contribution in [3.63, 3.8) is 0 Å². The van der Waals surface area contributed by atoms with Gasteiger partial charge < -0.3 is 19.5 Å². The van der Waals surface area contributed by atoms with Crippen LogP contribution in [0.15, 0.2) is 41.4 Å². The van der Waals surface area contributed by atoms with Crippen LogP contribution in [0.2, 0.25) is 0 Å². The maximum atomic E-state index is 13.1. The van der Waals surface area contributed by atoms with Crippen LogP contribution in [0, 0.1) is 0 Å². The number of carbonyl (C=O) groups is 1. The lowest BCUT2D eigenvalue weighted by Gasteiger charge is -2.22. The number of fused-ring (bicyclic) bond motifs is 1. The monoisotopic (exact) mass is 382 g/mol. The number of hydrogen-bond acceptors (Lipinski definition) is 5. The van der Waals surface area contributed by atoms with Gasteiger partial charge in [-0.15, -0.1) is 0 Å². The molecule has 1 heterocycles. The molecule has 0 spiro atoms. The van der Waals surface area contributed by atoms with Gasteiger partial charge in [0.05, 0.1) is 32.2 Å². The standard InChI is InChI=1S/C22H26N2O4/c1-5-7-17-22(26)24(2)18-12-20(28-4)19(27-3)11-16(18)21(23-17)15-9-6-8-14(10-15)13-25/h6,8-12,17,25H,5,7,13H2,1-4H3. The minimum Gasteiger partial charge on any atom is -0.493 e. The molecule has 0 fully saturated rings. The van der Waals surface area contributed by atoms with Crippen LogP contribution in [0.5, 0.6) is 11.5 Å². The summed E-state index contributed by atoms with van der Waals surface area (Å²) in [6.07, 6.45) is 1.51. The average molecular weight is 382 g/mol. The number of likely N-dealkylation sites (N-methyl/N-ethyl adjacent to an activating group) is 1. The number of amides is 1. The van der Waals surface area contributed by atoms with E-state index in [9.17, 15) is 9.90 Å². The molecule has 1 N–H and O–H groups in total. The molecule has 0 aromatic heterocycles. The summed E-state index contributed by atoms with van der Waals surface area (Å²) in [5.74, 6) is 1.07. The molecule has 148 valence electrons. The first-order chi connectivity index (χ1) is 13.5. The second-order valence-electron chi connectivity index (χ2n) is 6.76. The summed E-state index contributed by atoms with van der Waals surface area (Å²) in [5, 5.41) is 9.54. The number of aliphatic hydroxyl groups excluding tert-OH is 1. The first-order valence-electron chi connectivity index (χ1n) is 9.35. The van der Waals surface area contributed by atoms with Gasteiger partial charge in [0.25, 0.3) is 5.91 Å². The van der Waals surface area contributed by atoms with Gasteiger partial charge in [0.15, 0.2) is 11.5 Å². The van der Waals surface area contributed by atoms with Crippen molar-refractivity contribution in [3.8, 4) is 11.5 Å². The molecule has 1 unspecified atom stereocenters. The normalized spacial score (nSPS) is 16.3. The summed E-state index contributed by atoms with van der Waals surface area (Å²) in [5.41, 5.74) is 3.86. The summed E-state index contributed by atoms with van der Waals surface area (Å²) in [7, 11) is 4.92. The molecular formula is C22H26N2O4. The third kappa shape index (κ3) is 3.60. The molecule has 0 saturated carbocycles. The number of benzodiazepines with no additional fused rings is 1. The highest BCUT2D eigenvalue weighted by molar-refractivity contribution is 6.20. The number of ether oxygens (including phenoxy) is 2. The van der Waals surface area contributed by atoms with Crippen molar-refractivity contribution < 1.29 is 19.4 Å². The molecular weight excluding hydrogens is 356 g/mol. The van der Waals surface area contributed by atoms with Gasteiger partial charge in [-0.25, -0.2) is 0 Å². The topological polar surface area (TPSA) is 71.4 Å². The Bertz CT molecular complexity index is 907. The van der Waals surface area contributed by atoms with Gasteiger partial charge in [0.1, 0.15) is 6.04 Å². The first kappa shape index (κ1) is 19.9. The molecule has 3 rings (SSSR count). The van der Waals surface area contributed by atoms with Crippen molar-refractivity contribution in [2.24, 2.45) is 4.99 Å². The smallest absolute Gasteiger partial charge is 0.251 e. The zero-order chi connectivity index (χ0) is 20.3. The van der Waals surface area contributed by atoms with E-state index < -0.39 is 6.04 Å². The van der Waals surface area contributed by atoms with Gasteiger partial charge in [0, 0.05) is 24.2 Å². The molecule has 28 heavy (non-hydrogen) atoms. The SMILES string of the molecule is CCCC1N=C(c2cccc(CO)c2)c2cc(OC)c(OC)cc2N(C)C1=O. The lowest BCUT2D eigenvalue weighted by molar-refractivity contribution is -0.119. The molecule has 1 aliphatic rings. The number of aliphatic hydroxyl groups is 1. The molecule has 0 aliphatic carbocycles. The summed E-state index contributed by atoms with van der Waals surface area (Å²) < 4.78 is 10.9. The quantitative estimate of drug-likeness (QED) is 0.833. The Morgan fingerprint density at radius 3 is 2.50 bits per heavy atom. The Labute approximate surface area is 165 Å². The summed E-state index contributed by atoms with van der Waals surface area (Å²) in [6.45, 7) is 1.98. The average Bonchev–Trinajstić information content (AvgIpc) is 2.83. The maximum Gasteiger partial charge on any atom is 0.251 e. The second kappa shape index (κ2) is 8.44. The molecule has 1 aliphatic heterocycles. The highest BCUT2D eigenvalue weighted by atomic mass is 16.5. The number of aliphatic imine (C=N–C) groups is 1. The highest BCUT2D eigenvalue weighted by Gasteiger charge is 2.31. The summed E-state index contributed by atoms with van der Waals surface area (Å²) in [4.78, 5) is 19.6. The molecule has 2 aromatic carbocycles. The van der Waals surface area contributed by atoms with Gasteiger partial charge in [-0.3, -0.25) is 9.79 Å². The number of methoxy groups -OCH3 is 2. The van der Waals surface area contributed by atoms with E-state index in [1.165, 1.54) is 0 Å². The number of benzene rings is 2. The van der Waals surface area contributed by atoms with Gasteiger partial charge in [0.2, 0.25) is 0 Å². The van der Waals surface area contributed by atoms with E-state index in [2.05, 4.69) is 0 Å². The van der Waals surface area contributed by atoms with Gasteiger partial charge >= 0.3 is 0 Å². The van der Waals surface area contributed by atoms with E-state index >= 15 is 0 Å². The fourth-order valence-corrected chi connectivity index (χ4v) is 3.47. The summed E-state index contributed by atoms with van der Waals surface area (Å²) >= 11 is 0. The van der Waals surface area contributed by atoms with Crippen LogP contribution >= 0.6 is 0 Å². The van der Waals surface area contributed by atoms with E-state index in [1.54, 1.807) is 26.2 Å². The Morgan fingerprint density at radius 1 is 1.14 bits per heavy atom. The Balaban J connectivity index is 2.28. The van der Waals surface area contributed by atoms with E-state index in [4.69, 9.17) is 14.5 Å². The molecule has 2 aromatic rings. The van der Waals surface area contributed by atoms with Crippen LogP contribution in [0.1, 0.15) is 36.5 Å². The van der Waals surface area contributed by atoms with Crippen LogP contribution in [0.3, 0.4) is 0 Å². The molecule has 6 nitrogen and oxygen atoms in total. The maximum absolute atomic E-state index is 13.1. The third-order valence-electron chi connectivity index (χ3n) is 4.96. The zero-order valence-corrected chi connectivity index (χ0v) is 16.7. The fourth-order valence-electron chi connectivity index (χ4n) is 3.47. The van der Waals surface area contributed by atoms with E-state index in [0.717, 1.165) is 28.8 Å². The molecule has 0 saturated heterocycles. The van der Waals surface area contributed by atoms with Crippen molar-refractivity contribution in [2.45, 2.75) is 32.4 Å². The summed E-state index contributed by atoms with van der Waals surface area (Å²) in [6, 6.07) is 10.8.